The van der Waals surface area contributed by atoms with Gasteiger partial charge in [-0.2, -0.15) is 10.1 Å². The highest BCUT2D eigenvalue weighted by molar-refractivity contribution is 7.89. The first-order valence-electron chi connectivity index (χ1n) is 9.80. The van der Waals surface area contributed by atoms with Crippen molar-refractivity contribution in [2.75, 3.05) is 31.9 Å². The largest absolute Gasteiger partial charge is 0.339 e. The van der Waals surface area contributed by atoms with Gasteiger partial charge in [0.15, 0.2) is 5.82 Å². The molecule has 2 aliphatic rings. The molecular formula is C18H26N6O4S. The van der Waals surface area contributed by atoms with Gasteiger partial charge in [-0.3, -0.25) is 9.48 Å². The van der Waals surface area contributed by atoms with E-state index in [1.54, 1.807) is 29.6 Å². The topological polar surface area (TPSA) is 114 Å². The van der Waals surface area contributed by atoms with Crippen molar-refractivity contribution >= 4 is 15.9 Å². The molecule has 1 unspecified atom stereocenters. The molecular weight excluding hydrogens is 396 g/mol. The van der Waals surface area contributed by atoms with Crippen LogP contribution in [0.2, 0.25) is 0 Å². The van der Waals surface area contributed by atoms with Crippen LogP contribution in [0.1, 0.15) is 47.5 Å². The van der Waals surface area contributed by atoms with Crippen molar-refractivity contribution < 1.29 is 17.7 Å². The first-order chi connectivity index (χ1) is 13.7. The number of sulfonamides is 1. The Morgan fingerprint density at radius 3 is 2.55 bits per heavy atom. The van der Waals surface area contributed by atoms with Crippen molar-refractivity contribution in [3.05, 3.63) is 29.2 Å². The highest BCUT2D eigenvalue weighted by atomic mass is 32.2. The molecule has 1 atom stereocenters. The number of carbonyl (C=O) groups excluding carboxylic acids is 1. The zero-order valence-corrected chi connectivity index (χ0v) is 17.9. The van der Waals surface area contributed by atoms with E-state index in [1.807, 2.05) is 13.8 Å². The number of carbonyl (C=O) groups is 1. The van der Waals surface area contributed by atoms with Crippen molar-refractivity contribution in [2.24, 2.45) is 5.41 Å². The molecule has 4 rings (SSSR count). The summed E-state index contributed by atoms with van der Waals surface area (Å²) >= 11 is 0. The molecule has 2 aliphatic heterocycles. The molecule has 4 heterocycles. The second-order valence-electron chi connectivity index (χ2n) is 7.91. The minimum atomic E-state index is -3.35. The van der Waals surface area contributed by atoms with Gasteiger partial charge in [-0.1, -0.05) is 5.16 Å². The summed E-state index contributed by atoms with van der Waals surface area (Å²) in [4.78, 5) is 19.1. The maximum absolute atomic E-state index is 13.0. The fourth-order valence-corrected chi connectivity index (χ4v) is 5.63. The third kappa shape index (κ3) is 3.16. The maximum Gasteiger partial charge on any atom is 0.257 e. The Morgan fingerprint density at radius 2 is 2.00 bits per heavy atom. The van der Waals surface area contributed by atoms with Gasteiger partial charge >= 0.3 is 0 Å². The van der Waals surface area contributed by atoms with Crippen molar-refractivity contribution in [3.63, 3.8) is 0 Å². The van der Waals surface area contributed by atoms with Crippen molar-refractivity contribution in [1.82, 2.24) is 29.1 Å². The van der Waals surface area contributed by atoms with E-state index < -0.39 is 15.4 Å². The number of likely N-dealkylation sites (tertiary alicyclic amines) is 1. The number of aryl methyl sites for hydroxylation is 2. The Labute approximate surface area is 169 Å². The van der Waals surface area contributed by atoms with Gasteiger partial charge in [0.1, 0.15) is 0 Å². The molecule has 0 bridgehead atoms. The molecule has 2 fully saturated rings. The molecule has 0 radical (unpaired) electrons. The lowest BCUT2D eigenvalue weighted by atomic mass is 9.71. The van der Waals surface area contributed by atoms with Crippen LogP contribution in [-0.4, -0.2) is 75.4 Å². The number of hydrogen-bond acceptors (Lipinski definition) is 7. The Hall–Kier alpha value is -2.27. The van der Waals surface area contributed by atoms with Crippen LogP contribution in [-0.2, 0) is 16.6 Å². The smallest absolute Gasteiger partial charge is 0.257 e. The van der Waals surface area contributed by atoms with E-state index in [1.165, 1.54) is 4.31 Å². The summed E-state index contributed by atoms with van der Waals surface area (Å²) in [5.41, 5.74) is 1.01. The molecule has 0 aromatic carbocycles. The summed E-state index contributed by atoms with van der Waals surface area (Å²) in [5, 5.41) is 8.13. The van der Waals surface area contributed by atoms with Crippen LogP contribution in [0, 0.1) is 19.3 Å². The minimum Gasteiger partial charge on any atom is -0.339 e. The molecule has 29 heavy (non-hydrogen) atoms. The third-order valence-corrected chi connectivity index (χ3v) is 7.94. The van der Waals surface area contributed by atoms with Gasteiger partial charge in [0.2, 0.25) is 15.9 Å². The van der Waals surface area contributed by atoms with E-state index in [0.717, 1.165) is 5.69 Å². The van der Waals surface area contributed by atoms with Crippen LogP contribution in [0.4, 0.5) is 0 Å². The fraction of sp³-hybridized carbons (Fsp3) is 0.667. The van der Waals surface area contributed by atoms with E-state index >= 15 is 0 Å². The molecule has 0 N–H and O–H groups in total. The molecule has 1 spiro atoms. The second kappa shape index (κ2) is 6.91. The minimum absolute atomic E-state index is 0.0384. The predicted octanol–water partition coefficient (Wildman–Crippen LogP) is 0.794. The molecule has 2 aromatic rings. The van der Waals surface area contributed by atoms with E-state index in [9.17, 15) is 13.2 Å². The molecule has 158 valence electrons. The van der Waals surface area contributed by atoms with E-state index in [2.05, 4.69) is 15.2 Å². The molecule has 0 aliphatic carbocycles. The van der Waals surface area contributed by atoms with Crippen LogP contribution >= 0.6 is 0 Å². The monoisotopic (exact) mass is 422 g/mol. The fourth-order valence-electron chi connectivity index (χ4n) is 4.44. The van der Waals surface area contributed by atoms with E-state index in [4.69, 9.17) is 4.52 Å². The second-order valence-corrected chi connectivity index (χ2v) is 10.2. The quantitative estimate of drug-likeness (QED) is 0.700. The number of nitrogens with zero attached hydrogens (tertiary/aromatic N) is 6. The van der Waals surface area contributed by atoms with Crippen LogP contribution in [0.3, 0.4) is 0 Å². The lowest BCUT2D eigenvalue weighted by Crippen LogP contribution is -2.61. The standard InChI is InChI=1S/C18H26N6O4S/c1-5-24-12(3)14(7-19-24)17(25)22-9-18(10-22)11-23(29(26,27)6-2)8-15(18)16-20-13(4)21-28-16/h7,15H,5-6,8-11H2,1-4H3. The summed E-state index contributed by atoms with van der Waals surface area (Å²) in [5.74, 6) is 0.690. The van der Waals surface area contributed by atoms with Gasteiger partial charge in [-0.25, -0.2) is 12.7 Å². The summed E-state index contributed by atoms with van der Waals surface area (Å²) in [7, 11) is -3.35. The van der Waals surface area contributed by atoms with E-state index in [0.29, 0.717) is 50.0 Å². The van der Waals surface area contributed by atoms with Gasteiger partial charge in [0.25, 0.3) is 5.91 Å². The Morgan fingerprint density at radius 1 is 1.28 bits per heavy atom. The first kappa shape index (κ1) is 20.0. The van der Waals surface area contributed by atoms with Crippen LogP contribution in [0.25, 0.3) is 0 Å². The van der Waals surface area contributed by atoms with Gasteiger partial charge < -0.3 is 9.42 Å². The van der Waals surface area contributed by atoms with Gasteiger partial charge in [0.05, 0.1) is 23.4 Å². The molecule has 11 heteroatoms. The average molecular weight is 423 g/mol. The van der Waals surface area contributed by atoms with Gasteiger partial charge in [-0.05, 0) is 27.7 Å². The van der Waals surface area contributed by atoms with E-state index in [-0.39, 0.29) is 17.6 Å². The summed E-state index contributed by atoms with van der Waals surface area (Å²) < 4.78 is 33.7. The normalized spacial score (nSPS) is 21.7. The van der Waals surface area contributed by atoms with Crippen LogP contribution in [0.5, 0.6) is 0 Å². The highest BCUT2D eigenvalue weighted by Crippen LogP contribution is 2.49. The zero-order chi connectivity index (χ0) is 21.0. The molecule has 2 saturated heterocycles. The van der Waals surface area contributed by atoms with Crippen molar-refractivity contribution in [3.8, 4) is 0 Å². The lowest BCUT2D eigenvalue weighted by Gasteiger charge is -2.50. The molecule has 2 aromatic heterocycles. The van der Waals surface area contributed by atoms with Gasteiger partial charge in [-0.15, -0.1) is 0 Å². The molecule has 1 amide bonds. The maximum atomic E-state index is 13.0. The first-order valence-corrected chi connectivity index (χ1v) is 11.4. The number of hydrogen-bond donors (Lipinski definition) is 0. The summed E-state index contributed by atoms with van der Waals surface area (Å²) in [6.07, 6.45) is 1.60. The van der Waals surface area contributed by atoms with Crippen molar-refractivity contribution in [1.29, 1.82) is 0 Å². The summed E-state index contributed by atoms with van der Waals surface area (Å²) in [6.45, 7) is 9.48. The van der Waals surface area contributed by atoms with Crippen LogP contribution in [0.15, 0.2) is 10.7 Å². The number of amides is 1. The number of aromatic nitrogens is 4. The Bertz CT molecular complexity index is 1040. The number of rotatable bonds is 5. The van der Waals surface area contributed by atoms with Crippen LogP contribution < -0.4 is 0 Å². The Balaban J connectivity index is 1.58. The average Bonchev–Trinajstić information content (AvgIpc) is 3.36. The van der Waals surface area contributed by atoms with Gasteiger partial charge in [0, 0.05) is 43.8 Å². The lowest BCUT2D eigenvalue weighted by molar-refractivity contribution is 0.00124. The zero-order valence-electron chi connectivity index (χ0n) is 17.1. The van der Waals surface area contributed by atoms with Crippen molar-refractivity contribution in [2.45, 2.75) is 40.2 Å². The molecule has 0 saturated carbocycles. The molecule has 10 nitrogen and oxygen atoms in total. The Kier molecular flexibility index (Phi) is 4.77. The highest BCUT2D eigenvalue weighted by Gasteiger charge is 2.59. The third-order valence-electron chi connectivity index (χ3n) is 6.15. The SMILES string of the molecule is CCn1ncc(C(=O)N2CC3(C2)CN(S(=O)(=O)CC)CC3c2nc(C)no2)c1C. The predicted molar refractivity (Wildman–Crippen MR) is 104 cm³/mol. The summed E-state index contributed by atoms with van der Waals surface area (Å²) in [6, 6.07) is 0.